The Morgan fingerprint density at radius 2 is 2.33 bits per heavy atom. The number of methoxy groups -OCH3 is 1. The fourth-order valence-corrected chi connectivity index (χ4v) is 2.09. The molecule has 2 heteroatoms. The van der Waals surface area contributed by atoms with Gasteiger partial charge in [0, 0.05) is 25.1 Å². The average Bonchev–Trinajstić information content (AvgIpc) is 2.52. The summed E-state index contributed by atoms with van der Waals surface area (Å²) >= 11 is 0. The molecular weight excluding hydrogens is 150 g/mol. The van der Waals surface area contributed by atoms with E-state index in [2.05, 4.69) is 24.3 Å². The van der Waals surface area contributed by atoms with Gasteiger partial charge in [0.25, 0.3) is 0 Å². The minimum absolute atomic E-state index is 0.306. The van der Waals surface area contributed by atoms with Gasteiger partial charge in [-0.25, -0.2) is 0 Å². The van der Waals surface area contributed by atoms with Crippen molar-refractivity contribution in [3.8, 4) is 0 Å². The van der Waals surface area contributed by atoms with Crippen LogP contribution in [0.1, 0.15) is 30.6 Å². The molecule has 12 heavy (non-hydrogen) atoms. The maximum atomic E-state index is 5.47. The van der Waals surface area contributed by atoms with E-state index in [0.29, 0.717) is 12.0 Å². The largest absolute Gasteiger partial charge is 0.376 e. The van der Waals surface area contributed by atoms with E-state index in [4.69, 9.17) is 4.74 Å². The molecule has 1 heterocycles. The Bertz CT molecular complexity index is 267. The van der Waals surface area contributed by atoms with E-state index < -0.39 is 0 Å². The highest BCUT2D eigenvalue weighted by molar-refractivity contribution is 5.28. The maximum Gasteiger partial charge on any atom is 0.0863 e. The van der Waals surface area contributed by atoms with Crippen LogP contribution in [0.2, 0.25) is 0 Å². The molecule has 1 aromatic heterocycles. The molecule has 0 bridgehead atoms. The Balaban J connectivity index is 2.34. The number of ether oxygens (including phenoxy) is 1. The number of rotatable bonds is 1. The van der Waals surface area contributed by atoms with E-state index in [1.54, 1.807) is 7.11 Å². The lowest BCUT2D eigenvalue weighted by Crippen LogP contribution is -2.18. The molecule has 1 N–H and O–H groups in total. The zero-order valence-corrected chi connectivity index (χ0v) is 7.63. The van der Waals surface area contributed by atoms with Gasteiger partial charge in [0.05, 0.1) is 6.10 Å². The van der Waals surface area contributed by atoms with Crippen LogP contribution < -0.4 is 0 Å². The molecule has 1 aliphatic rings. The minimum Gasteiger partial charge on any atom is -0.376 e. The summed E-state index contributed by atoms with van der Waals surface area (Å²) in [6.45, 7) is 2.25. The van der Waals surface area contributed by atoms with Crippen molar-refractivity contribution in [3.05, 3.63) is 23.5 Å². The van der Waals surface area contributed by atoms with E-state index in [9.17, 15) is 0 Å². The Kier molecular flexibility index (Phi) is 1.93. The smallest absolute Gasteiger partial charge is 0.0863 e. The van der Waals surface area contributed by atoms with Gasteiger partial charge in [0.1, 0.15) is 0 Å². The van der Waals surface area contributed by atoms with Gasteiger partial charge in [0.15, 0.2) is 0 Å². The fourth-order valence-electron chi connectivity index (χ4n) is 2.09. The summed E-state index contributed by atoms with van der Waals surface area (Å²) < 4.78 is 5.47. The lowest BCUT2D eigenvalue weighted by molar-refractivity contribution is 0.0483. The number of aromatic amines is 1. The summed E-state index contributed by atoms with van der Waals surface area (Å²) in [5, 5.41) is 0. The molecule has 2 nitrogen and oxygen atoms in total. The van der Waals surface area contributed by atoms with E-state index in [0.717, 1.165) is 0 Å². The second-order valence-corrected chi connectivity index (χ2v) is 3.61. The summed E-state index contributed by atoms with van der Waals surface area (Å²) in [6, 6.07) is 0. The van der Waals surface area contributed by atoms with Crippen molar-refractivity contribution in [3.63, 3.8) is 0 Å². The molecule has 0 saturated heterocycles. The molecule has 0 saturated carbocycles. The number of H-pyrrole nitrogens is 1. The number of nitrogens with one attached hydrogen (secondary N) is 1. The van der Waals surface area contributed by atoms with Crippen LogP contribution in [0.3, 0.4) is 0 Å². The van der Waals surface area contributed by atoms with Gasteiger partial charge in [-0.1, -0.05) is 6.92 Å². The van der Waals surface area contributed by atoms with Crippen LogP contribution in [-0.2, 0) is 11.2 Å². The highest BCUT2D eigenvalue weighted by Crippen LogP contribution is 2.35. The molecule has 0 aliphatic heterocycles. The molecule has 0 aromatic carbocycles. The van der Waals surface area contributed by atoms with Gasteiger partial charge in [-0.2, -0.15) is 0 Å². The summed E-state index contributed by atoms with van der Waals surface area (Å²) in [5.41, 5.74) is 2.79. The zero-order chi connectivity index (χ0) is 8.55. The van der Waals surface area contributed by atoms with Crippen molar-refractivity contribution in [1.29, 1.82) is 0 Å². The first kappa shape index (κ1) is 7.87. The van der Waals surface area contributed by atoms with Crippen LogP contribution in [0, 0.1) is 5.92 Å². The van der Waals surface area contributed by atoms with Gasteiger partial charge in [-0.3, -0.25) is 0 Å². The lowest BCUT2D eigenvalue weighted by Gasteiger charge is -2.27. The van der Waals surface area contributed by atoms with Crippen LogP contribution in [-0.4, -0.2) is 12.1 Å². The van der Waals surface area contributed by atoms with Crippen molar-refractivity contribution in [2.75, 3.05) is 7.11 Å². The predicted molar refractivity (Wildman–Crippen MR) is 48.0 cm³/mol. The van der Waals surface area contributed by atoms with E-state index in [1.165, 1.54) is 24.0 Å². The van der Waals surface area contributed by atoms with Gasteiger partial charge < -0.3 is 9.72 Å². The molecule has 0 fully saturated rings. The topological polar surface area (TPSA) is 25.0 Å². The molecule has 66 valence electrons. The summed E-state index contributed by atoms with van der Waals surface area (Å²) in [5.74, 6) is 0.651. The maximum absolute atomic E-state index is 5.47. The minimum atomic E-state index is 0.306. The highest BCUT2D eigenvalue weighted by Gasteiger charge is 2.26. The van der Waals surface area contributed by atoms with Crippen LogP contribution in [0.4, 0.5) is 0 Å². The third-order valence-corrected chi connectivity index (χ3v) is 2.81. The first-order chi connectivity index (χ1) is 5.83. The number of hydrogen-bond donors (Lipinski definition) is 1. The van der Waals surface area contributed by atoms with E-state index >= 15 is 0 Å². The molecule has 0 spiro atoms. The molecule has 2 rings (SSSR count). The normalized spacial score (nSPS) is 28.5. The average molecular weight is 165 g/mol. The Labute approximate surface area is 72.9 Å². The fraction of sp³-hybridized carbons (Fsp3) is 0.600. The predicted octanol–water partition coefficient (Wildman–Crippen LogP) is 2.28. The molecule has 1 aliphatic carbocycles. The van der Waals surface area contributed by atoms with Gasteiger partial charge in [0.2, 0.25) is 0 Å². The van der Waals surface area contributed by atoms with Gasteiger partial charge >= 0.3 is 0 Å². The summed E-state index contributed by atoms with van der Waals surface area (Å²) in [7, 11) is 1.79. The van der Waals surface area contributed by atoms with Crippen molar-refractivity contribution in [1.82, 2.24) is 4.98 Å². The number of hydrogen-bond acceptors (Lipinski definition) is 1. The Morgan fingerprint density at radius 3 is 3.08 bits per heavy atom. The van der Waals surface area contributed by atoms with Crippen LogP contribution in [0.5, 0.6) is 0 Å². The number of aryl methyl sites for hydroxylation is 1. The molecule has 2 atom stereocenters. The molecular formula is C10H15NO. The zero-order valence-electron chi connectivity index (χ0n) is 7.63. The quantitative estimate of drug-likeness (QED) is 0.678. The second kappa shape index (κ2) is 2.94. The van der Waals surface area contributed by atoms with Gasteiger partial charge in [-0.05, 0) is 24.3 Å². The van der Waals surface area contributed by atoms with Crippen molar-refractivity contribution in [2.45, 2.75) is 25.9 Å². The SMILES string of the molecule is COC1c2c[nH]cc2CCC1C. The van der Waals surface area contributed by atoms with Crippen LogP contribution in [0.15, 0.2) is 12.4 Å². The van der Waals surface area contributed by atoms with Crippen molar-refractivity contribution in [2.24, 2.45) is 5.92 Å². The Morgan fingerprint density at radius 1 is 1.50 bits per heavy atom. The first-order valence-corrected chi connectivity index (χ1v) is 4.51. The second-order valence-electron chi connectivity index (χ2n) is 3.61. The third kappa shape index (κ3) is 1.07. The van der Waals surface area contributed by atoms with Crippen LogP contribution >= 0.6 is 0 Å². The molecule has 0 amide bonds. The number of fused-ring (bicyclic) bond motifs is 1. The van der Waals surface area contributed by atoms with E-state index in [1.807, 2.05) is 0 Å². The highest BCUT2D eigenvalue weighted by atomic mass is 16.5. The first-order valence-electron chi connectivity index (χ1n) is 4.51. The van der Waals surface area contributed by atoms with Crippen molar-refractivity contribution < 1.29 is 4.74 Å². The van der Waals surface area contributed by atoms with Crippen LogP contribution in [0.25, 0.3) is 0 Å². The molecule has 2 unspecified atom stereocenters. The van der Waals surface area contributed by atoms with E-state index in [-0.39, 0.29) is 0 Å². The molecule has 0 radical (unpaired) electrons. The standard InChI is InChI=1S/C10H15NO/c1-7-3-4-8-5-11-6-9(8)10(7)12-2/h5-7,10-11H,3-4H2,1-2H3. The molecule has 1 aromatic rings. The third-order valence-electron chi connectivity index (χ3n) is 2.81. The van der Waals surface area contributed by atoms with Gasteiger partial charge in [-0.15, -0.1) is 0 Å². The lowest BCUT2D eigenvalue weighted by atomic mass is 9.85. The van der Waals surface area contributed by atoms with Crippen molar-refractivity contribution >= 4 is 0 Å². The Hall–Kier alpha value is -0.760. The monoisotopic (exact) mass is 165 g/mol. The number of aromatic nitrogens is 1. The summed E-state index contributed by atoms with van der Waals surface area (Å²) in [6.07, 6.45) is 6.90. The summed E-state index contributed by atoms with van der Waals surface area (Å²) in [4.78, 5) is 3.15.